The third-order valence-electron chi connectivity index (χ3n) is 2.35. The Morgan fingerprint density at radius 1 is 1.31 bits per heavy atom. The minimum atomic E-state index is -0.978. The highest BCUT2D eigenvalue weighted by Crippen LogP contribution is 2.18. The third-order valence-corrected chi connectivity index (χ3v) is 2.35. The zero-order chi connectivity index (χ0) is 11.9. The van der Waals surface area contributed by atoms with E-state index >= 15 is 0 Å². The second-order valence-electron chi connectivity index (χ2n) is 4.38. The highest BCUT2D eigenvalue weighted by Gasteiger charge is 2.21. The molecule has 6 heteroatoms. The molecule has 0 bridgehead atoms. The molecule has 0 amide bonds. The van der Waals surface area contributed by atoms with Crippen LogP contribution in [0.5, 0.6) is 0 Å². The Balaban J connectivity index is 2.43. The van der Waals surface area contributed by atoms with Gasteiger partial charge in [-0.25, -0.2) is 4.68 Å². The van der Waals surface area contributed by atoms with E-state index in [0.717, 1.165) is 11.4 Å². The molecule has 0 saturated carbocycles. The monoisotopic (exact) mass is 221 g/mol. The van der Waals surface area contributed by atoms with Crippen molar-refractivity contribution in [3.63, 3.8) is 0 Å². The van der Waals surface area contributed by atoms with E-state index in [1.165, 1.54) is 0 Å². The van der Waals surface area contributed by atoms with Crippen LogP contribution in [0.4, 0.5) is 0 Å². The van der Waals surface area contributed by atoms with Gasteiger partial charge in [-0.1, -0.05) is 5.21 Å². The van der Waals surface area contributed by atoms with Crippen LogP contribution in [0.15, 0.2) is 12.4 Å². The van der Waals surface area contributed by atoms with Crippen LogP contribution >= 0.6 is 0 Å². The average Bonchev–Trinajstić information content (AvgIpc) is 2.70. The van der Waals surface area contributed by atoms with Crippen LogP contribution in [0.25, 0.3) is 5.69 Å². The first-order valence-electron chi connectivity index (χ1n) is 5.04. The van der Waals surface area contributed by atoms with E-state index < -0.39 is 5.60 Å². The number of aromatic nitrogens is 5. The second kappa shape index (κ2) is 3.41. The van der Waals surface area contributed by atoms with Crippen LogP contribution in [0.3, 0.4) is 0 Å². The quantitative estimate of drug-likeness (QED) is 0.803. The molecule has 0 aliphatic heterocycles. The molecule has 0 fully saturated rings. The normalized spacial score (nSPS) is 12.1. The van der Waals surface area contributed by atoms with Gasteiger partial charge in [-0.05, 0) is 20.8 Å². The van der Waals surface area contributed by atoms with E-state index in [1.54, 1.807) is 29.4 Å². The predicted molar refractivity (Wildman–Crippen MR) is 58.1 cm³/mol. The number of rotatable bonds is 2. The summed E-state index contributed by atoms with van der Waals surface area (Å²) in [6.07, 6.45) is 3.57. The second-order valence-corrected chi connectivity index (χ2v) is 4.38. The lowest BCUT2D eigenvalue weighted by Crippen LogP contribution is -2.15. The standard InChI is InChI=1S/C10H15N5O/c1-7-8(5-14(4)12-7)15-6-9(11-13-15)10(2,3)16/h5-6,16H,1-4H3. The first-order valence-corrected chi connectivity index (χ1v) is 5.04. The molecule has 86 valence electrons. The fourth-order valence-corrected chi connectivity index (χ4v) is 1.47. The van der Waals surface area contributed by atoms with Crippen LogP contribution in [0.1, 0.15) is 25.2 Å². The van der Waals surface area contributed by atoms with Gasteiger partial charge in [0, 0.05) is 7.05 Å². The van der Waals surface area contributed by atoms with Crippen molar-refractivity contribution < 1.29 is 5.11 Å². The summed E-state index contributed by atoms with van der Waals surface area (Å²) in [4.78, 5) is 0. The summed E-state index contributed by atoms with van der Waals surface area (Å²) in [6, 6.07) is 0. The number of nitrogens with zero attached hydrogens (tertiary/aromatic N) is 5. The SMILES string of the molecule is Cc1nn(C)cc1-n1cc(C(C)(C)O)nn1. The lowest BCUT2D eigenvalue weighted by atomic mass is 10.1. The highest BCUT2D eigenvalue weighted by molar-refractivity contribution is 5.32. The van der Waals surface area contributed by atoms with E-state index in [0.29, 0.717) is 5.69 Å². The van der Waals surface area contributed by atoms with Crippen LogP contribution in [0, 0.1) is 6.92 Å². The zero-order valence-corrected chi connectivity index (χ0v) is 9.84. The van der Waals surface area contributed by atoms with Gasteiger partial charge in [0.1, 0.15) is 17.0 Å². The summed E-state index contributed by atoms with van der Waals surface area (Å²) in [5.74, 6) is 0. The van der Waals surface area contributed by atoms with E-state index in [9.17, 15) is 5.11 Å². The van der Waals surface area contributed by atoms with Gasteiger partial charge in [0.15, 0.2) is 0 Å². The topological polar surface area (TPSA) is 68.8 Å². The Morgan fingerprint density at radius 2 is 2.00 bits per heavy atom. The minimum absolute atomic E-state index is 0.538. The maximum Gasteiger partial charge on any atom is 0.114 e. The summed E-state index contributed by atoms with van der Waals surface area (Å²) in [7, 11) is 1.85. The fraction of sp³-hybridized carbons (Fsp3) is 0.500. The van der Waals surface area contributed by atoms with Gasteiger partial charge in [-0.2, -0.15) is 5.10 Å². The Morgan fingerprint density at radius 3 is 2.44 bits per heavy atom. The maximum absolute atomic E-state index is 9.79. The summed E-state index contributed by atoms with van der Waals surface area (Å²) < 4.78 is 3.34. The van der Waals surface area contributed by atoms with Crippen LogP contribution in [-0.2, 0) is 12.6 Å². The minimum Gasteiger partial charge on any atom is -0.384 e. The molecule has 0 aliphatic rings. The summed E-state index contributed by atoms with van der Waals surface area (Å²) in [5.41, 5.74) is 1.30. The molecule has 2 rings (SSSR count). The molecule has 1 N–H and O–H groups in total. The number of aryl methyl sites for hydroxylation is 2. The highest BCUT2D eigenvalue weighted by atomic mass is 16.3. The predicted octanol–water partition coefficient (Wildman–Crippen LogP) is 0.537. The van der Waals surface area contributed by atoms with Crippen molar-refractivity contribution in [1.29, 1.82) is 0 Å². The molecule has 0 aromatic carbocycles. The third kappa shape index (κ3) is 1.83. The van der Waals surface area contributed by atoms with Gasteiger partial charge in [0.25, 0.3) is 0 Å². The van der Waals surface area contributed by atoms with Gasteiger partial charge in [0.05, 0.1) is 18.1 Å². The Hall–Kier alpha value is -1.69. The zero-order valence-electron chi connectivity index (χ0n) is 9.84. The molecule has 16 heavy (non-hydrogen) atoms. The Bertz CT molecular complexity index is 506. The molecule has 2 aromatic rings. The van der Waals surface area contributed by atoms with Crippen LogP contribution in [-0.4, -0.2) is 29.9 Å². The largest absolute Gasteiger partial charge is 0.384 e. The fourth-order valence-electron chi connectivity index (χ4n) is 1.47. The van der Waals surface area contributed by atoms with E-state index in [1.807, 2.05) is 20.2 Å². The van der Waals surface area contributed by atoms with Crippen molar-refractivity contribution >= 4 is 0 Å². The maximum atomic E-state index is 9.79. The van der Waals surface area contributed by atoms with Gasteiger partial charge < -0.3 is 5.11 Å². The summed E-state index contributed by atoms with van der Waals surface area (Å²) in [5, 5.41) is 21.9. The van der Waals surface area contributed by atoms with Crippen molar-refractivity contribution in [2.24, 2.45) is 7.05 Å². The van der Waals surface area contributed by atoms with Crippen molar-refractivity contribution in [2.45, 2.75) is 26.4 Å². The van der Waals surface area contributed by atoms with Crippen LogP contribution in [0.2, 0.25) is 0 Å². The molecule has 2 aromatic heterocycles. The molecule has 0 spiro atoms. The molecular formula is C10H15N5O. The van der Waals surface area contributed by atoms with Crippen molar-refractivity contribution in [3.8, 4) is 5.69 Å². The molecule has 0 aliphatic carbocycles. The van der Waals surface area contributed by atoms with Gasteiger partial charge in [-0.3, -0.25) is 4.68 Å². The van der Waals surface area contributed by atoms with Crippen molar-refractivity contribution in [1.82, 2.24) is 24.8 Å². The summed E-state index contributed by atoms with van der Waals surface area (Å²) in [6.45, 7) is 5.26. The van der Waals surface area contributed by atoms with Gasteiger partial charge in [-0.15, -0.1) is 5.10 Å². The molecule has 0 unspecified atom stereocenters. The molecule has 2 heterocycles. The molecular weight excluding hydrogens is 206 g/mol. The molecule has 0 radical (unpaired) electrons. The lowest BCUT2D eigenvalue weighted by Gasteiger charge is -2.11. The number of aliphatic hydroxyl groups is 1. The van der Waals surface area contributed by atoms with Gasteiger partial charge in [0.2, 0.25) is 0 Å². The summed E-state index contributed by atoms with van der Waals surface area (Å²) >= 11 is 0. The first-order chi connectivity index (χ1) is 7.38. The van der Waals surface area contributed by atoms with Crippen LogP contribution < -0.4 is 0 Å². The van der Waals surface area contributed by atoms with Crippen molar-refractivity contribution in [3.05, 3.63) is 23.8 Å². The molecule has 0 atom stereocenters. The Kier molecular flexibility index (Phi) is 2.31. The molecule has 0 saturated heterocycles. The van der Waals surface area contributed by atoms with E-state index in [-0.39, 0.29) is 0 Å². The van der Waals surface area contributed by atoms with E-state index in [4.69, 9.17) is 0 Å². The lowest BCUT2D eigenvalue weighted by molar-refractivity contribution is 0.0737. The number of hydrogen-bond donors (Lipinski definition) is 1. The molecule has 6 nitrogen and oxygen atoms in total. The van der Waals surface area contributed by atoms with Gasteiger partial charge >= 0.3 is 0 Å². The number of hydrogen-bond acceptors (Lipinski definition) is 4. The first kappa shape index (κ1) is 10.8. The smallest absolute Gasteiger partial charge is 0.114 e. The average molecular weight is 221 g/mol. The van der Waals surface area contributed by atoms with E-state index in [2.05, 4.69) is 15.4 Å². The Labute approximate surface area is 93.5 Å². The van der Waals surface area contributed by atoms with Crippen molar-refractivity contribution in [2.75, 3.05) is 0 Å².